The van der Waals surface area contributed by atoms with Crippen molar-refractivity contribution in [2.45, 2.75) is 65.2 Å². The van der Waals surface area contributed by atoms with Gasteiger partial charge in [-0.05, 0) is 40.0 Å². The molecule has 23 heavy (non-hydrogen) atoms. The van der Waals surface area contributed by atoms with Crippen molar-refractivity contribution in [1.29, 1.82) is 5.26 Å². The van der Waals surface area contributed by atoms with Gasteiger partial charge in [0.2, 0.25) is 5.91 Å². The lowest BCUT2D eigenvalue weighted by molar-refractivity contribution is -0.138. The number of hydrogen-bond donors (Lipinski definition) is 0. The maximum absolute atomic E-state index is 12.6. The van der Waals surface area contributed by atoms with Crippen molar-refractivity contribution in [2.75, 3.05) is 0 Å². The summed E-state index contributed by atoms with van der Waals surface area (Å²) in [5.41, 5.74) is -1.38. The molecule has 0 spiro atoms. The molecular weight excluding hydrogens is 296 g/mol. The molecule has 7 nitrogen and oxygen atoms in total. The fourth-order valence-corrected chi connectivity index (χ4v) is 3.23. The zero-order chi connectivity index (χ0) is 17.1. The van der Waals surface area contributed by atoms with Crippen molar-refractivity contribution >= 4 is 5.91 Å². The molecule has 1 aromatic heterocycles. The summed E-state index contributed by atoms with van der Waals surface area (Å²) < 4.78 is 2.15. The molecule has 1 amide bonds. The number of nitriles is 1. The molecule has 7 heteroatoms. The summed E-state index contributed by atoms with van der Waals surface area (Å²) in [6, 6.07) is 1.97. The van der Waals surface area contributed by atoms with Crippen LogP contribution in [0.15, 0.2) is 15.8 Å². The Morgan fingerprint density at radius 1 is 1.30 bits per heavy atom. The van der Waals surface area contributed by atoms with E-state index in [2.05, 4.69) is 0 Å². The first kappa shape index (κ1) is 17.0. The minimum absolute atomic E-state index is 0.0921. The molecule has 0 N–H and O–H groups in total. The van der Waals surface area contributed by atoms with Gasteiger partial charge in [0.15, 0.2) is 0 Å². The van der Waals surface area contributed by atoms with Crippen LogP contribution in [0.1, 0.15) is 45.6 Å². The van der Waals surface area contributed by atoms with Gasteiger partial charge in [-0.25, -0.2) is 9.36 Å². The molecule has 0 aromatic carbocycles. The largest absolute Gasteiger partial charge is 0.336 e. The summed E-state index contributed by atoms with van der Waals surface area (Å²) in [6.45, 7) is 5.72. The van der Waals surface area contributed by atoms with E-state index in [1.807, 2.05) is 13.8 Å². The number of rotatable bonds is 3. The molecule has 0 aliphatic carbocycles. The predicted octanol–water partition coefficient (Wildman–Crippen LogP) is 0.691. The zero-order valence-corrected chi connectivity index (χ0v) is 13.8. The standard InChI is InChI=1S/C16H22N4O3/c1-4-18-9-13(8-17)15(22)19(16(18)23)10-14(21)20-11(2)6-5-7-12(20)3/h9,11-12H,4-7,10H2,1-3H3. The van der Waals surface area contributed by atoms with E-state index in [9.17, 15) is 14.4 Å². The van der Waals surface area contributed by atoms with Gasteiger partial charge in [-0.15, -0.1) is 0 Å². The van der Waals surface area contributed by atoms with E-state index in [0.29, 0.717) is 6.54 Å². The Labute approximate surface area is 134 Å². The average Bonchev–Trinajstić information content (AvgIpc) is 2.51. The molecule has 2 unspecified atom stereocenters. The minimum Gasteiger partial charge on any atom is -0.336 e. The normalized spacial score (nSPS) is 21.0. The summed E-state index contributed by atoms with van der Waals surface area (Å²) >= 11 is 0. The van der Waals surface area contributed by atoms with E-state index in [-0.39, 0.29) is 30.1 Å². The third kappa shape index (κ3) is 3.21. The summed E-state index contributed by atoms with van der Waals surface area (Å²) in [7, 11) is 0. The summed E-state index contributed by atoms with van der Waals surface area (Å²) in [4.78, 5) is 38.9. The highest BCUT2D eigenvalue weighted by Crippen LogP contribution is 2.22. The van der Waals surface area contributed by atoms with Gasteiger partial charge in [0.1, 0.15) is 18.2 Å². The second-order valence-corrected chi connectivity index (χ2v) is 6.04. The fraction of sp³-hybridized carbons (Fsp3) is 0.625. The maximum atomic E-state index is 12.6. The van der Waals surface area contributed by atoms with E-state index >= 15 is 0 Å². The highest BCUT2D eigenvalue weighted by atomic mass is 16.2. The van der Waals surface area contributed by atoms with Crippen LogP contribution < -0.4 is 11.2 Å². The predicted molar refractivity (Wildman–Crippen MR) is 85.0 cm³/mol. The lowest BCUT2D eigenvalue weighted by Crippen LogP contribution is -2.51. The quantitative estimate of drug-likeness (QED) is 0.820. The third-order valence-electron chi connectivity index (χ3n) is 4.47. The van der Waals surface area contributed by atoms with Gasteiger partial charge in [0.05, 0.1) is 0 Å². The number of aryl methyl sites for hydroxylation is 1. The van der Waals surface area contributed by atoms with Gasteiger partial charge in [-0.3, -0.25) is 14.2 Å². The molecule has 1 saturated heterocycles. The van der Waals surface area contributed by atoms with Crippen molar-refractivity contribution in [2.24, 2.45) is 0 Å². The second kappa shape index (κ2) is 6.82. The van der Waals surface area contributed by atoms with E-state index < -0.39 is 11.2 Å². The van der Waals surface area contributed by atoms with Crippen LogP contribution in [-0.2, 0) is 17.9 Å². The summed E-state index contributed by atoms with van der Waals surface area (Å²) in [5, 5.41) is 9.05. The first-order valence-electron chi connectivity index (χ1n) is 7.96. The molecule has 2 atom stereocenters. The minimum atomic E-state index is -0.701. The Morgan fingerprint density at radius 3 is 2.43 bits per heavy atom. The van der Waals surface area contributed by atoms with E-state index in [1.54, 1.807) is 17.9 Å². The van der Waals surface area contributed by atoms with Crippen LogP contribution >= 0.6 is 0 Å². The molecule has 0 bridgehead atoms. The van der Waals surface area contributed by atoms with Gasteiger partial charge in [-0.1, -0.05) is 0 Å². The number of nitrogens with zero attached hydrogens (tertiary/aromatic N) is 4. The monoisotopic (exact) mass is 318 g/mol. The van der Waals surface area contributed by atoms with E-state index in [4.69, 9.17) is 5.26 Å². The number of amides is 1. The molecule has 1 fully saturated rings. The van der Waals surface area contributed by atoms with Gasteiger partial charge in [0, 0.05) is 24.8 Å². The fourth-order valence-electron chi connectivity index (χ4n) is 3.23. The van der Waals surface area contributed by atoms with Gasteiger partial charge < -0.3 is 4.90 Å². The molecule has 1 aliphatic rings. The van der Waals surface area contributed by atoms with E-state index in [1.165, 1.54) is 10.8 Å². The lowest BCUT2D eigenvalue weighted by Gasteiger charge is -2.39. The first-order chi connectivity index (χ1) is 10.9. The Bertz CT molecular complexity index is 746. The SMILES string of the molecule is CCn1cc(C#N)c(=O)n(CC(=O)N2C(C)CCCC2C)c1=O. The van der Waals surface area contributed by atoms with Crippen LogP contribution in [0.3, 0.4) is 0 Å². The summed E-state index contributed by atoms with van der Waals surface area (Å²) in [5.74, 6) is -0.248. The topological polar surface area (TPSA) is 88.1 Å². The lowest BCUT2D eigenvalue weighted by atomic mass is 9.97. The first-order valence-corrected chi connectivity index (χ1v) is 7.96. The van der Waals surface area contributed by atoms with Crippen LogP contribution in [-0.4, -0.2) is 32.0 Å². The molecule has 2 rings (SSSR count). The number of hydrogen-bond acceptors (Lipinski definition) is 4. The van der Waals surface area contributed by atoms with Crippen molar-refractivity contribution in [3.05, 3.63) is 32.6 Å². The average molecular weight is 318 g/mol. The molecule has 0 saturated carbocycles. The number of aromatic nitrogens is 2. The van der Waals surface area contributed by atoms with Crippen molar-refractivity contribution in [1.82, 2.24) is 14.0 Å². The number of carbonyl (C=O) groups is 1. The third-order valence-corrected chi connectivity index (χ3v) is 4.47. The van der Waals surface area contributed by atoms with Crippen LogP contribution in [0.5, 0.6) is 0 Å². The molecule has 1 aromatic rings. The Balaban J connectivity index is 2.40. The number of piperidine rings is 1. The Hall–Kier alpha value is -2.36. The molecular formula is C16H22N4O3. The Kier molecular flexibility index (Phi) is 5.04. The smallest absolute Gasteiger partial charge is 0.331 e. The van der Waals surface area contributed by atoms with Crippen LogP contribution in [0.25, 0.3) is 0 Å². The molecule has 2 heterocycles. The van der Waals surface area contributed by atoms with Gasteiger partial charge in [-0.2, -0.15) is 5.26 Å². The van der Waals surface area contributed by atoms with E-state index in [0.717, 1.165) is 23.8 Å². The van der Waals surface area contributed by atoms with Crippen molar-refractivity contribution < 1.29 is 4.79 Å². The highest BCUT2D eigenvalue weighted by molar-refractivity contribution is 5.76. The molecule has 1 aliphatic heterocycles. The zero-order valence-electron chi connectivity index (χ0n) is 13.8. The second-order valence-electron chi connectivity index (χ2n) is 6.04. The molecule has 124 valence electrons. The van der Waals surface area contributed by atoms with Crippen LogP contribution in [0, 0.1) is 11.3 Å². The Morgan fingerprint density at radius 2 is 1.91 bits per heavy atom. The highest BCUT2D eigenvalue weighted by Gasteiger charge is 2.29. The van der Waals surface area contributed by atoms with Gasteiger partial charge in [0.25, 0.3) is 5.56 Å². The van der Waals surface area contributed by atoms with Gasteiger partial charge >= 0.3 is 5.69 Å². The number of carbonyl (C=O) groups excluding carboxylic acids is 1. The van der Waals surface area contributed by atoms with Crippen LogP contribution in [0.2, 0.25) is 0 Å². The van der Waals surface area contributed by atoms with Crippen LogP contribution in [0.4, 0.5) is 0 Å². The summed E-state index contributed by atoms with van der Waals surface area (Å²) in [6.07, 6.45) is 4.15. The molecule has 0 radical (unpaired) electrons. The maximum Gasteiger partial charge on any atom is 0.331 e. The number of likely N-dealkylation sites (tertiary alicyclic amines) is 1. The van der Waals surface area contributed by atoms with Crippen molar-refractivity contribution in [3.8, 4) is 6.07 Å². The van der Waals surface area contributed by atoms with Crippen molar-refractivity contribution in [3.63, 3.8) is 0 Å².